The summed E-state index contributed by atoms with van der Waals surface area (Å²) in [5, 5.41) is 4.14. The van der Waals surface area contributed by atoms with Gasteiger partial charge in [-0.15, -0.1) is 0 Å². The number of rotatable bonds is 31. The fourth-order valence-corrected chi connectivity index (χ4v) is 5.98. The van der Waals surface area contributed by atoms with Crippen molar-refractivity contribution in [3.63, 3.8) is 0 Å². The van der Waals surface area contributed by atoms with E-state index in [0.29, 0.717) is 0 Å². The van der Waals surface area contributed by atoms with Gasteiger partial charge in [0, 0.05) is 6.04 Å². The van der Waals surface area contributed by atoms with Crippen LogP contribution < -0.4 is 5.32 Å². The highest BCUT2D eigenvalue weighted by Crippen LogP contribution is 2.22. The number of allylic oxidation sites excluding steroid dienone is 2. The molecule has 0 radical (unpaired) electrons. The van der Waals surface area contributed by atoms with Crippen LogP contribution in [0.15, 0.2) is 12.2 Å². The van der Waals surface area contributed by atoms with Gasteiger partial charge in [0.05, 0.1) is 0 Å². The van der Waals surface area contributed by atoms with Crippen molar-refractivity contribution in [1.82, 2.24) is 5.32 Å². The Morgan fingerprint density at radius 1 is 0.447 bits per heavy atom. The highest BCUT2D eigenvalue weighted by molar-refractivity contribution is 4.82. The zero-order chi connectivity index (χ0) is 27.9. The predicted molar refractivity (Wildman–Crippen MR) is 176 cm³/mol. The molecule has 0 amide bonds. The Kier molecular flexibility index (Phi) is 31.0. The highest BCUT2D eigenvalue weighted by Gasteiger charge is 2.14. The summed E-state index contributed by atoms with van der Waals surface area (Å²) in [6.07, 6.45) is 41.3. The summed E-state index contributed by atoms with van der Waals surface area (Å²) in [4.78, 5) is 0. The van der Waals surface area contributed by atoms with Crippen molar-refractivity contribution < 1.29 is 0 Å². The predicted octanol–water partition coefficient (Wildman–Crippen LogP) is 13.0. The summed E-state index contributed by atoms with van der Waals surface area (Å²) < 4.78 is 0. The van der Waals surface area contributed by atoms with Gasteiger partial charge in [0.15, 0.2) is 0 Å². The highest BCUT2D eigenvalue weighted by atomic mass is 14.9. The minimum Gasteiger partial charge on any atom is -0.314 e. The van der Waals surface area contributed by atoms with Gasteiger partial charge in [-0.3, -0.25) is 0 Å². The number of hydrogen-bond acceptors (Lipinski definition) is 1. The first-order valence-electron chi connectivity index (χ1n) is 18.1. The van der Waals surface area contributed by atoms with E-state index in [1.165, 1.54) is 173 Å². The van der Waals surface area contributed by atoms with Gasteiger partial charge >= 0.3 is 0 Å². The average Bonchev–Trinajstić information content (AvgIpc) is 2.92. The summed E-state index contributed by atoms with van der Waals surface area (Å²) in [5.74, 6) is 1.76. The molecule has 0 aliphatic rings. The molecule has 3 atom stereocenters. The molecule has 0 aromatic heterocycles. The maximum Gasteiger partial charge on any atom is 0.00671 e. The number of nitrogens with one attached hydrogen (secondary N) is 1. The molecule has 0 aliphatic carbocycles. The second-order valence-electron chi connectivity index (χ2n) is 12.8. The molecule has 0 heterocycles. The van der Waals surface area contributed by atoms with Crippen LogP contribution in [0.2, 0.25) is 0 Å². The zero-order valence-corrected chi connectivity index (χ0v) is 27.5. The van der Waals surface area contributed by atoms with E-state index < -0.39 is 0 Å². The minimum atomic E-state index is 0.755. The number of hydrogen-bond donors (Lipinski definition) is 1. The monoisotopic (exact) mass is 534 g/mol. The Labute approximate surface area is 243 Å². The van der Waals surface area contributed by atoms with Gasteiger partial charge in [0.25, 0.3) is 0 Å². The summed E-state index contributed by atoms with van der Waals surface area (Å²) >= 11 is 0. The molecule has 0 aromatic carbocycles. The van der Waals surface area contributed by atoms with Crippen LogP contribution >= 0.6 is 0 Å². The number of unbranched alkanes of at least 4 members (excludes halogenated alkanes) is 15. The van der Waals surface area contributed by atoms with E-state index in [1.54, 1.807) is 0 Å². The zero-order valence-electron chi connectivity index (χ0n) is 27.5. The molecule has 228 valence electrons. The second-order valence-corrected chi connectivity index (χ2v) is 12.8. The first-order valence-corrected chi connectivity index (χ1v) is 18.1. The van der Waals surface area contributed by atoms with E-state index in [9.17, 15) is 0 Å². The lowest BCUT2D eigenvalue weighted by Gasteiger charge is -2.24. The van der Waals surface area contributed by atoms with E-state index in [-0.39, 0.29) is 0 Å². The summed E-state index contributed by atoms with van der Waals surface area (Å²) in [6.45, 7) is 13.0. The molecule has 0 saturated heterocycles. The van der Waals surface area contributed by atoms with Gasteiger partial charge in [0.2, 0.25) is 0 Å². The van der Waals surface area contributed by atoms with Crippen LogP contribution in [0.4, 0.5) is 0 Å². The van der Waals surface area contributed by atoms with Crippen LogP contribution in [0.25, 0.3) is 0 Å². The molecule has 0 rings (SSSR count). The van der Waals surface area contributed by atoms with Crippen molar-refractivity contribution >= 4 is 0 Å². The van der Waals surface area contributed by atoms with E-state index in [0.717, 1.165) is 17.9 Å². The van der Waals surface area contributed by atoms with E-state index >= 15 is 0 Å². The molecular formula is C37H75N. The molecule has 1 nitrogen and oxygen atoms in total. The molecule has 38 heavy (non-hydrogen) atoms. The molecular weight excluding hydrogens is 458 g/mol. The molecule has 0 spiro atoms. The van der Waals surface area contributed by atoms with Crippen LogP contribution in [0.5, 0.6) is 0 Å². The van der Waals surface area contributed by atoms with Crippen LogP contribution in [0.3, 0.4) is 0 Å². The third-order valence-corrected chi connectivity index (χ3v) is 8.73. The van der Waals surface area contributed by atoms with Crippen LogP contribution in [0, 0.1) is 11.8 Å². The van der Waals surface area contributed by atoms with Crippen molar-refractivity contribution in [2.24, 2.45) is 11.8 Å². The topological polar surface area (TPSA) is 12.0 Å². The van der Waals surface area contributed by atoms with E-state index in [1.807, 2.05) is 0 Å². The first-order chi connectivity index (χ1) is 18.7. The standard InChI is InChI=1S/C37H75N/c1-6-10-13-16-18-20-23-25-29-36(33-32-35(5)28-9-4)34-38-37(30-26-22-15-12-8-3)31-27-24-21-19-17-14-11-7-2/h18,20,35-38H,6-17,19,21-34H2,1-5H3/b20-18-. The molecule has 1 heteroatoms. The van der Waals surface area contributed by atoms with Crippen molar-refractivity contribution in [3.8, 4) is 0 Å². The molecule has 0 fully saturated rings. The van der Waals surface area contributed by atoms with E-state index in [2.05, 4.69) is 52.1 Å². The summed E-state index contributed by atoms with van der Waals surface area (Å²) in [6, 6.07) is 0.755. The average molecular weight is 534 g/mol. The third-order valence-electron chi connectivity index (χ3n) is 8.73. The largest absolute Gasteiger partial charge is 0.314 e. The van der Waals surface area contributed by atoms with Crippen molar-refractivity contribution in [1.29, 1.82) is 0 Å². The molecule has 0 bridgehead atoms. The van der Waals surface area contributed by atoms with Gasteiger partial charge in [-0.25, -0.2) is 0 Å². The Morgan fingerprint density at radius 2 is 0.947 bits per heavy atom. The van der Waals surface area contributed by atoms with Gasteiger partial charge in [-0.2, -0.15) is 0 Å². The van der Waals surface area contributed by atoms with Gasteiger partial charge in [0.1, 0.15) is 0 Å². The maximum absolute atomic E-state index is 4.14. The Hall–Kier alpha value is -0.300. The second kappa shape index (κ2) is 31.2. The Balaban J connectivity index is 4.60. The molecule has 1 N–H and O–H groups in total. The van der Waals surface area contributed by atoms with Crippen molar-refractivity contribution in [2.45, 2.75) is 208 Å². The fraction of sp³-hybridized carbons (Fsp3) is 0.946. The summed E-state index contributed by atoms with van der Waals surface area (Å²) in [5.41, 5.74) is 0. The summed E-state index contributed by atoms with van der Waals surface area (Å²) in [7, 11) is 0. The van der Waals surface area contributed by atoms with Gasteiger partial charge in [-0.05, 0) is 69.7 Å². The van der Waals surface area contributed by atoms with Crippen molar-refractivity contribution in [2.75, 3.05) is 6.54 Å². The smallest absolute Gasteiger partial charge is 0.00671 e. The quantitative estimate of drug-likeness (QED) is 0.0690. The Bertz CT molecular complexity index is 456. The third kappa shape index (κ3) is 27.3. The SMILES string of the molecule is CCCCC/C=C\CCCC(CCC(C)CCC)CNC(CCCCCCC)CCCCCCCCCC. The molecule has 0 aliphatic heterocycles. The molecule has 3 unspecified atom stereocenters. The minimum absolute atomic E-state index is 0.755. The normalized spacial score (nSPS) is 14.3. The van der Waals surface area contributed by atoms with Crippen LogP contribution in [-0.4, -0.2) is 12.6 Å². The molecule has 0 aromatic rings. The maximum atomic E-state index is 4.14. The van der Waals surface area contributed by atoms with Gasteiger partial charge < -0.3 is 5.32 Å². The van der Waals surface area contributed by atoms with Gasteiger partial charge in [-0.1, -0.05) is 162 Å². The fourth-order valence-electron chi connectivity index (χ4n) is 5.98. The van der Waals surface area contributed by atoms with Crippen LogP contribution in [0.1, 0.15) is 202 Å². The lowest BCUT2D eigenvalue weighted by atomic mass is 9.90. The molecule has 0 saturated carbocycles. The lowest BCUT2D eigenvalue weighted by Crippen LogP contribution is -2.33. The Morgan fingerprint density at radius 3 is 1.50 bits per heavy atom. The van der Waals surface area contributed by atoms with Crippen LogP contribution in [-0.2, 0) is 0 Å². The lowest BCUT2D eigenvalue weighted by molar-refractivity contribution is 0.324. The van der Waals surface area contributed by atoms with Crippen molar-refractivity contribution in [3.05, 3.63) is 12.2 Å². The first kappa shape index (κ1) is 37.7. The van der Waals surface area contributed by atoms with E-state index in [4.69, 9.17) is 0 Å².